The lowest BCUT2D eigenvalue weighted by Crippen LogP contribution is -2.39. The smallest absolute Gasteiger partial charge is 0.272 e. The van der Waals surface area contributed by atoms with Crippen LogP contribution in [-0.4, -0.2) is 40.8 Å². The van der Waals surface area contributed by atoms with Gasteiger partial charge in [-0.2, -0.15) is 0 Å². The highest BCUT2D eigenvalue weighted by molar-refractivity contribution is 5.95. The first kappa shape index (κ1) is 14.2. The zero-order chi connectivity index (χ0) is 15.8. The topological polar surface area (TPSA) is 62.3 Å². The minimum Gasteiger partial charge on any atom is -0.351 e. The molecule has 1 N–H and O–H groups in total. The molecule has 2 aliphatic heterocycles. The number of carbonyl (C=O) groups is 2. The largest absolute Gasteiger partial charge is 0.351 e. The molecule has 0 bridgehead atoms. The number of para-hydroxylation sites is 1. The van der Waals surface area contributed by atoms with Gasteiger partial charge in [0.05, 0.1) is 11.6 Å². The second-order valence-corrected chi connectivity index (χ2v) is 6.43. The second kappa shape index (κ2) is 5.65. The van der Waals surface area contributed by atoms with E-state index < -0.39 is 0 Å². The van der Waals surface area contributed by atoms with Crippen LogP contribution in [0.5, 0.6) is 0 Å². The first-order valence-corrected chi connectivity index (χ1v) is 8.15. The molecule has 2 aromatic rings. The molecule has 0 radical (unpaired) electrons. The molecule has 0 spiro atoms. The molecule has 5 heteroatoms. The van der Waals surface area contributed by atoms with Gasteiger partial charge < -0.3 is 10.2 Å². The van der Waals surface area contributed by atoms with E-state index in [9.17, 15) is 9.59 Å². The number of likely N-dealkylation sites (tertiary alicyclic amines) is 1. The lowest BCUT2D eigenvalue weighted by atomic mass is 9.99. The molecule has 2 unspecified atom stereocenters. The predicted molar refractivity (Wildman–Crippen MR) is 86.9 cm³/mol. The molecular formula is C18H19N3O2. The Morgan fingerprint density at radius 3 is 2.96 bits per heavy atom. The van der Waals surface area contributed by atoms with E-state index in [0.717, 1.165) is 23.7 Å². The summed E-state index contributed by atoms with van der Waals surface area (Å²) >= 11 is 0. The molecule has 118 valence electrons. The van der Waals surface area contributed by atoms with Crippen LogP contribution in [0.4, 0.5) is 0 Å². The van der Waals surface area contributed by atoms with E-state index in [2.05, 4.69) is 10.3 Å². The number of hydrogen-bond acceptors (Lipinski definition) is 3. The van der Waals surface area contributed by atoms with Crippen molar-refractivity contribution in [1.82, 2.24) is 15.2 Å². The highest BCUT2D eigenvalue weighted by atomic mass is 16.2. The lowest BCUT2D eigenvalue weighted by molar-refractivity contribution is -0.121. The number of benzene rings is 1. The fourth-order valence-electron chi connectivity index (χ4n) is 3.64. The molecule has 0 saturated carbocycles. The Morgan fingerprint density at radius 1 is 1.17 bits per heavy atom. The number of aromatic nitrogens is 1. The van der Waals surface area contributed by atoms with Gasteiger partial charge >= 0.3 is 0 Å². The number of carbonyl (C=O) groups excluding carboxylic acids is 2. The summed E-state index contributed by atoms with van der Waals surface area (Å²) in [5.74, 6) is 0.430. The second-order valence-electron chi connectivity index (χ2n) is 6.43. The van der Waals surface area contributed by atoms with Crippen LogP contribution in [0.1, 0.15) is 29.8 Å². The predicted octanol–water partition coefficient (Wildman–Crippen LogP) is 1.98. The summed E-state index contributed by atoms with van der Waals surface area (Å²) in [6.07, 6.45) is 2.51. The number of amides is 2. The number of hydrogen-bond donors (Lipinski definition) is 1. The van der Waals surface area contributed by atoms with Crippen LogP contribution < -0.4 is 5.32 Å². The van der Waals surface area contributed by atoms with Gasteiger partial charge in [0.25, 0.3) is 5.91 Å². The zero-order valence-electron chi connectivity index (χ0n) is 12.9. The summed E-state index contributed by atoms with van der Waals surface area (Å²) in [5, 5.41) is 4.08. The Bertz CT molecular complexity index is 774. The Kier molecular flexibility index (Phi) is 3.48. The van der Waals surface area contributed by atoms with Crippen molar-refractivity contribution in [2.45, 2.75) is 25.3 Å². The fourth-order valence-corrected chi connectivity index (χ4v) is 3.64. The number of nitrogens with one attached hydrogen (secondary N) is 1. The molecule has 5 nitrogen and oxygen atoms in total. The number of nitrogens with zero attached hydrogens (tertiary/aromatic N) is 2. The van der Waals surface area contributed by atoms with Gasteiger partial charge in [-0.3, -0.25) is 9.59 Å². The molecule has 2 aliphatic rings. The third-order valence-electron chi connectivity index (χ3n) is 4.87. The fraction of sp³-hybridized carbons (Fsp3) is 0.389. The van der Waals surface area contributed by atoms with E-state index in [1.807, 2.05) is 35.2 Å². The SMILES string of the molecule is O=C1CCCC2CN(C(=O)c3ccc4ccccc4n3)CC2N1. The van der Waals surface area contributed by atoms with Crippen molar-refractivity contribution in [3.05, 3.63) is 42.1 Å². The number of rotatable bonds is 1. The van der Waals surface area contributed by atoms with E-state index in [4.69, 9.17) is 0 Å². The summed E-state index contributed by atoms with van der Waals surface area (Å²) in [4.78, 5) is 30.8. The van der Waals surface area contributed by atoms with Crippen molar-refractivity contribution >= 4 is 22.7 Å². The van der Waals surface area contributed by atoms with Gasteiger partial charge in [-0.1, -0.05) is 24.3 Å². The molecular weight excluding hydrogens is 290 g/mol. The van der Waals surface area contributed by atoms with E-state index in [1.54, 1.807) is 6.07 Å². The van der Waals surface area contributed by atoms with Gasteiger partial charge in [-0.15, -0.1) is 0 Å². The Balaban J connectivity index is 1.55. The van der Waals surface area contributed by atoms with Gasteiger partial charge in [0, 0.05) is 24.9 Å². The van der Waals surface area contributed by atoms with Crippen molar-refractivity contribution in [3.63, 3.8) is 0 Å². The Hall–Kier alpha value is -2.43. The van der Waals surface area contributed by atoms with Crippen LogP contribution in [0.2, 0.25) is 0 Å². The molecule has 0 aliphatic carbocycles. The van der Waals surface area contributed by atoms with Crippen LogP contribution in [0.25, 0.3) is 10.9 Å². The first-order chi connectivity index (χ1) is 11.2. The maximum atomic E-state index is 12.8. The van der Waals surface area contributed by atoms with E-state index in [1.165, 1.54) is 0 Å². The van der Waals surface area contributed by atoms with Crippen LogP contribution in [0.3, 0.4) is 0 Å². The van der Waals surface area contributed by atoms with Crippen molar-refractivity contribution in [2.24, 2.45) is 5.92 Å². The van der Waals surface area contributed by atoms with Crippen LogP contribution in [0.15, 0.2) is 36.4 Å². The van der Waals surface area contributed by atoms with Gasteiger partial charge in [0.2, 0.25) is 5.91 Å². The summed E-state index contributed by atoms with van der Waals surface area (Å²) in [6.45, 7) is 1.29. The minimum absolute atomic E-state index is 0.0434. The molecule has 4 rings (SSSR count). The zero-order valence-corrected chi connectivity index (χ0v) is 12.9. The van der Waals surface area contributed by atoms with Gasteiger partial charge in [-0.25, -0.2) is 4.98 Å². The first-order valence-electron chi connectivity index (χ1n) is 8.15. The molecule has 2 saturated heterocycles. The highest BCUT2D eigenvalue weighted by Gasteiger charge is 2.37. The average Bonchev–Trinajstić information content (AvgIpc) is 2.88. The quantitative estimate of drug-likeness (QED) is 0.876. The maximum absolute atomic E-state index is 12.8. The molecule has 1 aromatic heterocycles. The van der Waals surface area contributed by atoms with Crippen molar-refractivity contribution in [3.8, 4) is 0 Å². The molecule has 1 aromatic carbocycles. The van der Waals surface area contributed by atoms with Gasteiger partial charge in [0.1, 0.15) is 5.69 Å². The Morgan fingerprint density at radius 2 is 2.04 bits per heavy atom. The third kappa shape index (κ3) is 2.67. The third-order valence-corrected chi connectivity index (χ3v) is 4.87. The minimum atomic E-state index is -0.0434. The Labute approximate surface area is 134 Å². The normalized spacial score (nSPS) is 24.2. The van der Waals surface area contributed by atoms with E-state index >= 15 is 0 Å². The number of fused-ring (bicyclic) bond motifs is 2. The van der Waals surface area contributed by atoms with Crippen LogP contribution in [-0.2, 0) is 4.79 Å². The molecule has 3 heterocycles. The maximum Gasteiger partial charge on any atom is 0.272 e. The van der Waals surface area contributed by atoms with Gasteiger partial charge in [0.15, 0.2) is 0 Å². The molecule has 2 fully saturated rings. The number of pyridine rings is 1. The summed E-state index contributed by atoms with van der Waals surface area (Å²) < 4.78 is 0. The molecule has 2 amide bonds. The standard InChI is InChI=1S/C18H19N3O2/c22-17-7-3-5-13-10-21(11-16(13)20-17)18(23)15-9-8-12-4-1-2-6-14(12)19-15/h1-2,4,6,8-9,13,16H,3,5,7,10-11H2,(H,20,22). The average molecular weight is 309 g/mol. The summed E-state index contributed by atoms with van der Waals surface area (Å²) in [7, 11) is 0. The van der Waals surface area contributed by atoms with Crippen molar-refractivity contribution < 1.29 is 9.59 Å². The van der Waals surface area contributed by atoms with Crippen molar-refractivity contribution in [2.75, 3.05) is 13.1 Å². The molecule has 2 atom stereocenters. The monoisotopic (exact) mass is 309 g/mol. The lowest BCUT2D eigenvalue weighted by Gasteiger charge is -2.16. The molecule has 23 heavy (non-hydrogen) atoms. The van der Waals surface area contributed by atoms with Crippen LogP contribution >= 0.6 is 0 Å². The van der Waals surface area contributed by atoms with E-state index in [-0.39, 0.29) is 17.9 Å². The highest BCUT2D eigenvalue weighted by Crippen LogP contribution is 2.26. The van der Waals surface area contributed by atoms with E-state index in [0.29, 0.717) is 31.1 Å². The van der Waals surface area contributed by atoms with Crippen LogP contribution in [0, 0.1) is 5.92 Å². The summed E-state index contributed by atoms with van der Waals surface area (Å²) in [5.41, 5.74) is 1.31. The van der Waals surface area contributed by atoms with Crippen molar-refractivity contribution in [1.29, 1.82) is 0 Å². The summed E-state index contributed by atoms with van der Waals surface area (Å²) in [6, 6.07) is 11.6. The van der Waals surface area contributed by atoms with Gasteiger partial charge in [-0.05, 0) is 30.9 Å².